The molecule has 1 amide bonds. The number of carbonyl (C=O) groups is 1. The molecule has 76 valence electrons. The summed E-state index contributed by atoms with van der Waals surface area (Å²) in [5, 5.41) is 2.79. The lowest BCUT2D eigenvalue weighted by Crippen LogP contribution is -2.29. The monoisotopic (exact) mass is 274 g/mol. The predicted molar refractivity (Wildman–Crippen MR) is 59.9 cm³/mol. The average Bonchev–Trinajstić information content (AvgIpc) is 2.88. The Hall–Kier alpha value is -0.420. The number of halogens is 1. The van der Waals surface area contributed by atoms with E-state index >= 15 is 0 Å². The Morgan fingerprint density at radius 1 is 1.79 bits per heavy atom. The Morgan fingerprint density at radius 2 is 2.64 bits per heavy atom. The lowest BCUT2D eigenvalue weighted by atomic mass is 10.2. The van der Waals surface area contributed by atoms with Crippen molar-refractivity contribution in [2.75, 3.05) is 18.4 Å². The molecule has 0 saturated carbocycles. The molecule has 1 unspecified atom stereocenters. The van der Waals surface area contributed by atoms with Crippen LogP contribution < -0.4 is 0 Å². The third-order valence-electron chi connectivity index (χ3n) is 2.44. The molecule has 0 bridgehead atoms. The summed E-state index contributed by atoms with van der Waals surface area (Å²) >= 11 is 4.92. The van der Waals surface area contributed by atoms with Gasteiger partial charge in [-0.2, -0.15) is 0 Å². The summed E-state index contributed by atoms with van der Waals surface area (Å²) < 4.78 is 0. The molecule has 2 heterocycles. The first kappa shape index (κ1) is 10.1. The molecule has 1 fully saturated rings. The van der Waals surface area contributed by atoms with Gasteiger partial charge in [-0.25, -0.2) is 4.98 Å². The molecule has 3 nitrogen and oxygen atoms in total. The third-order valence-corrected chi connectivity index (χ3v) is 3.94. The molecule has 5 heteroatoms. The fourth-order valence-corrected chi connectivity index (χ4v) is 2.68. The van der Waals surface area contributed by atoms with Crippen LogP contribution in [0.5, 0.6) is 0 Å². The average molecular weight is 275 g/mol. The van der Waals surface area contributed by atoms with Crippen LogP contribution in [0.25, 0.3) is 0 Å². The fraction of sp³-hybridized carbons (Fsp3) is 0.556. The molecule has 0 radical (unpaired) electrons. The highest BCUT2D eigenvalue weighted by Crippen LogP contribution is 2.20. The second kappa shape index (κ2) is 4.40. The van der Waals surface area contributed by atoms with Crippen molar-refractivity contribution in [1.29, 1.82) is 0 Å². The fourth-order valence-electron chi connectivity index (χ4n) is 1.62. The van der Waals surface area contributed by atoms with Crippen LogP contribution in [0.1, 0.15) is 16.9 Å². The van der Waals surface area contributed by atoms with Crippen molar-refractivity contribution in [3.63, 3.8) is 0 Å². The summed E-state index contributed by atoms with van der Waals surface area (Å²) in [5.74, 6) is 0.687. The summed E-state index contributed by atoms with van der Waals surface area (Å²) in [6.45, 7) is 1.73. The van der Waals surface area contributed by atoms with E-state index in [1.165, 1.54) is 11.3 Å². The summed E-state index contributed by atoms with van der Waals surface area (Å²) in [6, 6.07) is 0. The van der Waals surface area contributed by atoms with E-state index in [1.54, 1.807) is 5.51 Å². The summed E-state index contributed by atoms with van der Waals surface area (Å²) in [6.07, 6.45) is 1.10. The number of hydrogen-bond donors (Lipinski definition) is 0. The maximum atomic E-state index is 11.8. The summed E-state index contributed by atoms with van der Waals surface area (Å²) in [7, 11) is 0. The van der Waals surface area contributed by atoms with Crippen molar-refractivity contribution >= 4 is 33.2 Å². The Balaban J connectivity index is 2.00. The molecule has 0 spiro atoms. The molecule has 14 heavy (non-hydrogen) atoms. The van der Waals surface area contributed by atoms with Gasteiger partial charge in [-0.3, -0.25) is 4.79 Å². The molecule has 1 aromatic heterocycles. The van der Waals surface area contributed by atoms with Gasteiger partial charge in [0.15, 0.2) is 0 Å². The number of nitrogens with zero attached hydrogens (tertiary/aromatic N) is 2. The highest BCUT2D eigenvalue weighted by atomic mass is 79.9. The zero-order valence-electron chi connectivity index (χ0n) is 7.65. The van der Waals surface area contributed by atoms with E-state index in [0.717, 1.165) is 24.8 Å². The Kier molecular flexibility index (Phi) is 3.18. The molecule has 0 N–H and O–H groups in total. The molecule has 0 aromatic carbocycles. The number of carbonyl (C=O) groups excluding carboxylic acids is 1. The Labute approximate surface area is 95.3 Å². The summed E-state index contributed by atoms with van der Waals surface area (Å²) in [4.78, 5) is 17.7. The van der Waals surface area contributed by atoms with E-state index in [9.17, 15) is 4.79 Å². The van der Waals surface area contributed by atoms with E-state index in [-0.39, 0.29) is 5.91 Å². The maximum absolute atomic E-state index is 11.8. The van der Waals surface area contributed by atoms with Gasteiger partial charge in [0, 0.05) is 23.8 Å². The van der Waals surface area contributed by atoms with Gasteiger partial charge in [0.1, 0.15) is 5.69 Å². The van der Waals surface area contributed by atoms with Crippen LogP contribution in [0, 0.1) is 5.92 Å². The van der Waals surface area contributed by atoms with Gasteiger partial charge < -0.3 is 4.90 Å². The normalized spacial score (nSPS) is 21.5. The second-order valence-corrected chi connectivity index (χ2v) is 4.80. The topological polar surface area (TPSA) is 33.2 Å². The second-order valence-electron chi connectivity index (χ2n) is 3.43. The van der Waals surface area contributed by atoms with E-state index < -0.39 is 0 Å². The molecular formula is C9H11BrN2OS. The number of likely N-dealkylation sites (tertiary alicyclic amines) is 1. The molecule has 1 saturated heterocycles. The lowest BCUT2D eigenvalue weighted by Gasteiger charge is -2.14. The lowest BCUT2D eigenvalue weighted by molar-refractivity contribution is 0.0783. The molecule has 1 aliphatic rings. The minimum absolute atomic E-state index is 0.0784. The molecule has 0 aliphatic carbocycles. The van der Waals surface area contributed by atoms with Gasteiger partial charge in [-0.15, -0.1) is 11.3 Å². The van der Waals surface area contributed by atoms with Gasteiger partial charge in [0.05, 0.1) is 5.51 Å². The number of hydrogen-bond acceptors (Lipinski definition) is 3. The number of alkyl halides is 1. The first-order valence-electron chi connectivity index (χ1n) is 4.54. The predicted octanol–water partition coefficient (Wildman–Crippen LogP) is 2.00. The van der Waals surface area contributed by atoms with Crippen molar-refractivity contribution < 1.29 is 4.79 Å². The smallest absolute Gasteiger partial charge is 0.273 e. The minimum atomic E-state index is 0.0784. The van der Waals surface area contributed by atoms with Gasteiger partial charge in [0.25, 0.3) is 5.91 Å². The van der Waals surface area contributed by atoms with Crippen LogP contribution in [0.2, 0.25) is 0 Å². The number of rotatable bonds is 2. The van der Waals surface area contributed by atoms with Crippen LogP contribution in [0.3, 0.4) is 0 Å². The van der Waals surface area contributed by atoms with E-state index in [1.807, 2.05) is 10.3 Å². The van der Waals surface area contributed by atoms with Crippen LogP contribution in [0.15, 0.2) is 10.9 Å². The van der Waals surface area contributed by atoms with Crippen LogP contribution >= 0.6 is 27.3 Å². The van der Waals surface area contributed by atoms with Crippen LogP contribution in [0.4, 0.5) is 0 Å². The molecule has 1 aliphatic heterocycles. The third kappa shape index (κ3) is 1.98. The highest BCUT2D eigenvalue weighted by Gasteiger charge is 2.26. The van der Waals surface area contributed by atoms with E-state index in [4.69, 9.17) is 0 Å². The number of thiazole rings is 1. The van der Waals surface area contributed by atoms with E-state index in [2.05, 4.69) is 20.9 Å². The van der Waals surface area contributed by atoms with Crippen molar-refractivity contribution in [2.45, 2.75) is 6.42 Å². The van der Waals surface area contributed by atoms with Gasteiger partial charge in [-0.05, 0) is 12.3 Å². The highest BCUT2D eigenvalue weighted by molar-refractivity contribution is 9.09. The van der Waals surface area contributed by atoms with E-state index in [0.29, 0.717) is 11.6 Å². The first-order chi connectivity index (χ1) is 6.81. The number of amides is 1. The van der Waals surface area contributed by atoms with Crippen molar-refractivity contribution in [2.24, 2.45) is 5.92 Å². The largest absolute Gasteiger partial charge is 0.337 e. The molecule has 1 atom stereocenters. The van der Waals surface area contributed by atoms with Crippen LogP contribution in [-0.4, -0.2) is 34.2 Å². The Morgan fingerprint density at radius 3 is 3.21 bits per heavy atom. The molecule has 2 rings (SSSR count). The minimum Gasteiger partial charge on any atom is -0.337 e. The zero-order valence-corrected chi connectivity index (χ0v) is 10.1. The first-order valence-corrected chi connectivity index (χ1v) is 6.61. The van der Waals surface area contributed by atoms with Crippen molar-refractivity contribution in [1.82, 2.24) is 9.88 Å². The standard InChI is InChI=1S/C9H11BrN2OS/c10-3-7-1-2-12(4-7)9(13)8-5-14-6-11-8/h5-7H,1-4H2. The SMILES string of the molecule is O=C(c1cscn1)N1CCC(CBr)C1. The van der Waals surface area contributed by atoms with Crippen LogP contribution in [-0.2, 0) is 0 Å². The maximum Gasteiger partial charge on any atom is 0.273 e. The number of aromatic nitrogens is 1. The van der Waals surface area contributed by atoms with Crippen molar-refractivity contribution in [3.8, 4) is 0 Å². The Bertz CT molecular complexity index is 315. The van der Waals surface area contributed by atoms with Crippen molar-refractivity contribution in [3.05, 3.63) is 16.6 Å². The van der Waals surface area contributed by atoms with Gasteiger partial charge in [-0.1, -0.05) is 15.9 Å². The zero-order chi connectivity index (χ0) is 9.97. The quantitative estimate of drug-likeness (QED) is 0.773. The van der Waals surface area contributed by atoms with Gasteiger partial charge in [0.2, 0.25) is 0 Å². The summed E-state index contributed by atoms with van der Waals surface area (Å²) in [5.41, 5.74) is 2.29. The molecular weight excluding hydrogens is 264 g/mol. The van der Waals surface area contributed by atoms with Gasteiger partial charge >= 0.3 is 0 Å². The molecule has 1 aromatic rings.